The van der Waals surface area contributed by atoms with Crippen LogP contribution in [0, 0.1) is 0 Å². The SMILES string of the molecule is CC(C)(N=NC(C)(C)C(N)=Nc1ccccc1)C(N)=Nc1ccccc1.CCC(Br)(CC)C(=O)NC(N)=O. The van der Waals surface area contributed by atoms with Crippen LogP contribution in [-0.2, 0) is 4.79 Å². The lowest BCUT2D eigenvalue weighted by molar-refractivity contribution is -0.122. The molecule has 0 spiro atoms. The Bertz CT molecular complexity index is 1070. The molecule has 0 saturated heterocycles. The number of rotatable bonds is 9. The molecular weight excluding hydrogens is 548 g/mol. The number of nitrogens with one attached hydrogen (secondary N) is 1. The van der Waals surface area contributed by atoms with Gasteiger partial charge in [-0.2, -0.15) is 10.2 Å². The Kier molecular flexibility index (Phi) is 12.3. The topological polar surface area (TPSA) is 174 Å². The number of hydrogen-bond donors (Lipinski definition) is 4. The molecule has 10 nitrogen and oxygen atoms in total. The van der Waals surface area contributed by atoms with Crippen LogP contribution in [0.5, 0.6) is 0 Å². The van der Waals surface area contributed by atoms with Crippen molar-refractivity contribution in [2.45, 2.75) is 69.8 Å². The highest BCUT2D eigenvalue weighted by Gasteiger charge is 2.32. The molecule has 0 aromatic heterocycles. The number of nitrogens with zero attached hydrogens (tertiary/aromatic N) is 4. The number of hydrogen-bond acceptors (Lipinski definition) is 6. The van der Waals surface area contributed by atoms with Gasteiger partial charge in [-0.25, -0.2) is 14.8 Å². The Balaban J connectivity index is 0.000000508. The zero-order valence-corrected chi connectivity index (χ0v) is 24.5. The van der Waals surface area contributed by atoms with E-state index in [-0.39, 0.29) is 5.91 Å². The zero-order chi connectivity index (χ0) is 29.0. The van der Waals surface area contributed by atoms with Gasteiger partial charge in [-0.3, -0.25) is 10.1 Å². The summed E-state index contributed by atoms with van der Waals surface area (Å²) >= 11 is 3.26. The molecule has 3 amide bonds. The van der Waals surface area contributed by atoms with Crippen LogP contribution >= 0.6 is 15.9 Å². The zero-order valence-electron chi connectivity index (χ0n) is 22.9. The molecule has 2 aromatic rings. The fraction of sp³-hybridized carbons (Fsp3) is 0.407. The highest BCUT2D eigenvalue weighted by atomic mass is 79.9. The van der Waals surface area contributed by atoms with E-state index in [4.69, 9.17) is 17.2 Å². The van der Waals surface area contributed by atoms with Crippen molar-refractivity contribution in [1.29, 1.82) is 0 Å². The lowest BCUT2D eigenvalue weighted by Gasteiger charge is -2.22. The first-order valence-electron chi connectivity index (χ1n) is 12.2. The van der Waals surface area contributed by atoms with Crippen LogP contribution in [0.15, 0.2) is 80.9 Å². The number of carbonyl (C=O) groups excluding carboxylic acids is 2. The number of amides is 3. The number of azo groups is 1. The Morgan fingerprint density at radius 3 is 1.37 bits per heavy atom. The van der Waals surface area contributed by atoms with Crippen LogP contribution in [0.25, 0.3) is 0 Å². The van der Waals surface area contributed by atoms with E-state index in [0.29, 0.717) is 24.5 Å². The summed E-state index contributed by atoms with van der Waals surface area (Å²) in [4.78, 5) is 30.5. The first-order valence-corrected chi connectivity index (χ1v) is 13.0. The van der Waals surface area contributed by atoms with Gasteiger partial charge >= 0.3 is 6.03 Å². The van der Waals surface area contributed by atoms with Crippen molar-refractivity contribution < 1.29 is 9.59 Å². The molecule has 206 valence electrons. The lowest BCUT2D eigenvalue weighted by atomic mass is 10.0. The molecule has 0 bridgehead atoms. The molecule has 2 rings (SSSR count). The number of aliphatic imine (C=N–C) groups is 2. The van der Waals surface area contributed by atoms with Gasteiger partial charge in [0.2, 0.25) is 5.91 Å². The Morgan fingerprint density at radius 1 is 0.737 bits per heavy atom. The Labute approximate surface area is 233 Å². The van der Waals surface area contributed by atoms with E-state index in [9.17, 15) is 9.59 Å². The summed E-state index contributed by atoms with van der Waals surface area (Å²) < 4.78 is -0.665. The monoisotopic (exact) mass is 586 g/mol. The molecule has 0 unspecified atom stereocenters. The fourth-order valence-electron chi connectivity index (χ4n) is 2.70. The Morgan fingerprint density at radius 2 is 1.08 bits per heavy atom. The summed E-state index contributed by atoms with van der Waals surface area (Å²) in [5.74, 6) is 0.378. The quantitative estimate of drug-likeness (QED) is 0.131. The number of imide groups is 1. The minimum Gasteiger partial charge on any atom is -0.385 e. The third-order valence-corrected chi connectivity index (χ3v) is 7.06. The van der Waals surface area contributed by atoms with Crippen molar-refractivity contribution in [2.75, 3.05) is 0 Å². The van der Waals surface area contributed by atoms with Crippen molar-refractivity contribution >= 4 is 50.9 Å². The van der Waals surface area contributed by atoms with Crippen LogP contribution in [0.2, 0.25) is 0 Å². The maximum atomic E-state index is 11.3. The summed E-state index contributed by atoms with van der Waals surface area (Å²) in [6, 6.07) is 18.2. The number of urea groups is 1. The van der Waals surface area contributed by atoms with E-state index in [1.807, 2.05) is 108 Å². The van der Waals surface area contributed by atoms with E-state index in [1.54, 1.807) is 0 Å². The summed E-state index contributed by atoms with van der Waals surface area (Å²) in [5.41, 5.74) is 17.1. The number of benzene rings is 2. The highest BCUT2D eigenvalue weighted by Crippen LogP contribution is 2.26. The summed E-state index contributed by atoms with van der Waals surface area (Å²) in [5, 5.41) is 10.8. The number of carbonyl (C=O) groups is 2. The minimum absolute atomic E-state index is 0.375. The number of para-hydroxylation sites is 2. The van der Waals surface area contributed by atoms with Crippen molar-refractivity contribution in [2.24, 2.45) is 37.4 Å². The van der Waals surface area contributed by atoms with E-state index in [1.165, 1.54) is 0 Å². The summed E-state index contributed by atoms with van der Waals surface area (Å²) in [6.07, 6.45) is 1.23. The van der Waals surface area contributed by atoms with Crippen molar-refractivity contribution in [3.8, 4) is 0 Å². The second-order valence-electron chi connectivity index (χ2n) is 9.47. The van der Waals surface area contributed by atoms with Gasteiger partial charge in [-0.05, 0) is 64.8 Å². The largest absolute Gasteiger partial charge is 0.385 e. The molecule has 0 fully saturated rings. The highest BCUT2D eigenvalue weighted by molar-refractivity contribution is 9.10. The third kappa shape index (κ3) is 10.4. The van der Waals surface area contributed by atoms with Gasteiger partial charge in [-0.15, -0.1) is 0 Å². The average Bonchev–Trinajstić information content (AvgIpc) is 2.88. The molecule has 2 aromatic carbocycles. The van der Waals surface area contributed by atoms with Crippen LogP contribution in [0.1, 0.15) is 54.4 Å². The van der Waals surface area contributed by atoms with Crippen molar-refractivity contribution in [3.05, 3.63) is 60.7 Å². The first-order chi connectivity index (χ1) is 17.7. The predicted octanol–water partition coefficient (Wildman–Crippen LogP) is 5.51. The Hall–Kier alpha value is -3.60. The second kappa shape index (κ2) is 14.4. The molecule has 0 heterocycles. The predicted molar refractivity (Wildman–Crippen MR) is 158 cm³/mol. The molecule has 0 radical (unpaired) electrons. The molecule has 0 aliphatic heterocycles. The van der Waals surface area contributed by atoms with Gasteiger partial charge in [0.15, 0.2) is 0 Å². The smallest absolute Gasteiger partial charge is 0.318 e. The van der Waals surface area contributed by atoms with E-state index in [2.05, 4.69) is 36.1 Å². The maximum Gasteiger partial charge on any atom is 0.318 e. The summed E-state index contributed by atoms with van der Waals surface area (Å²) in [7, 11) is 0. The normalized spacial score (nSPS) is 13.0. The number of amidine groups is 2. The van der Waals surface area contributed by atoms with Gasteiger partial charge in [0.25, 0.3) is 0 Å². The number of halogens is 1. The molecule has 0 atom stereocenters. The van der Waals surface area contributed by atoms with E-state index < -0.39 is 21.4 Å². The van der Waals surface area contributed by atoms with Gasteiger partial charge in [-0.1, -0.05) is 66.2 Å². The van der Waals surface area contributed by atoms with Crippen molar-refractivity contribution in [1.82, 2.24) is 5.32 Å². The molecule has 38 heavy (non-hydrogen) atoms. The first kappa shape index (κ1) is 32.4. The fourth-order valence-corrected chi connectivity index (χ4v) is 2.80. The van der Waals surface area contributed by atoms with Crippen LogP contribution in [0.4, 0.5) is 16.2 Å². The van der Waals surface area contributed by atoms with Crippen LogP contribution in [-0.4, -0.2) is 39.0 Å². The number of primary amides is 1. The standard InChI is InChI=1S/C20H26N6.C7H13BrN2O2/c1-19(2,17(21)23-15-11-7-5-8-12-15)25-26-20(3,4)18(22)24-16-13-9-6-10-14-16;1-3-7(8,4-2)5(11)10-6(9)12/h5-14H,1-4H3,(H2,21,23)(H2,22,24);3-4H2,1-2H3,(H3,9,10,11,12). The average molecular weight is 588 g/mol. The molecule has 0 aliphatic rings. The number of nitrogens with two attached hydrogens (primary N) is 3. The third-order valence-electron chi connectivity index (χ3n) is 5.58. The van der Waals surface area contributed by atoms with Gasteiger partial charge in [0, 0.05) is 0 Å². The van der Waals surface area contributed by atoms with E-state index >= 15 is 0 Å². The molecule has 7 N–H and O–H groups in total. The van der Waals surface area contributed by atoms with Gasteiger partial charge in [0.1, 0.15) is 27.1 Å². The van der Waals surface area contributed by atoms with Crippen LogP contribution in [0.3, 0.4) is 0 Å². The lowest BCUT2D eigenvalue weighted by Crippen LogP contribution is -2.46. The maximum absolute atomic E-state index is 11.3. The van der Waals surface area contributed by atoms with Gasteiger partial charge < -0.3 is 17.2 Å². The van der Waals surface area contributed by atoms with E-state index in [0.717, 1.165) is 11.4 Å². The van der Waals surface area contributed by atoms with Gasteiger partial charge in [0.05, 0.1) is 11.4 Å². The van der Waals surface area contributed by atoms with Crippen molar-refractivity contribution in [3.63, 3.8) is 0 Å². The number of alkyl halides is 1. The van der Waals surface area contributed by atoms with Crippen LogP contribution < -0.4 is 22.5 Å². The second-order valence-corrected chi connectivity index (χ2v) is 11.0. The molecule has 11 heteroatoms. The molecular formula is C27H39BrN8O2. The molecule has 0 saturated carbocycles. The molecule has 0 aliphatic carbocycles. The summed E-state index contributed by atoms with van der Waals surface area (Å²) in [6.45, 7) is 11.2. The minimum atomic E-state index is -0.814.